The van der Waals surface area contributed by atoms with Crippen molar-refractivity contribution in [2.75, 3.05) is 11.9 Å². The zero-order chi connectivity index (χ0) is 24.1. The van der Waals surface area contributed by atoms with E-state index in [0.717, 1.165) is 24.8 Å². The van der Waals surface area contributed by atoms with Crippen LogP contribution in [0.3, 0.4) is 0 Å². The summed E-state index contributed by atoms with van der Waals surface area (Å²) < 4.78 is 59.3. The maximum absolute atomic E-state index is 13.5. The summed E-state index contributed by atoms with van der Waals surface area (Å²) in [6, 6.07) is 5.91. The van der Waals surface area contributed by atoms with Crippen LogP contribution in [0.15, 0.2) is 36.5 Å². The van der Waals surface area contributed by atoms with Crippen molar-refractivity contribution in [2.24, 2.45) is 0 Å². The van der Waals surface area contributed by atoms with E-state index in [4.69, 9.17) is 16.3 Å². The van der Waals surface area contributed by atoms with Gasteiger partial charge in [-0.25, -0.2) is 9.37 Å². The third-order valence-electron chi connectivity index (χ3n) is 5.00. The summed E-state index contributed by atoms with van der Waals surface area (Å²) in [7, 11) is 0. The topological polar surface area (TPSA) is 89.5 Å². The van der Waals surface area contributed by atoms with Crippen LogP contribution in [-0.4, -0.2) is 35.3 Å². The van der Waals surface area contributed by atoms with E-state index in [0.29, 0.717) is 25.7 Å². The van der Waals surface area contributed by atoms with Crippen LogP contribution >= 0.6 is 11.6 Å². The number of carbonyl (C=O) groups excluding carboxylic acids is 2. The van der Waals surface area contributed by atoms with Crippen LogP contribution in [0.5, 0.6) is 11.6 Å². The Kier molecular flexibility index (Phi) is 7.62. The Balaban J connectivity index is 1.64. The molecule has 3 rings (SSSR count). The Morgan fingerprint density at radius 3 is 2.45 bits per heavy atom. The highest BCUT2D eigenvalue weighted by molar-refractivity contribution is 6.30. The molecule has 33 heavy (non-hydrogen) atoms. The van der Waals surface area contributed by atoms with Crippen molar-refractivity contribution in [3.63, 3.8) is 0 Å². The number of nitrogens with zero attached hydrogens (tertiary/aromatic N) is 1. The standard InChI is InChI=1S/C21H20ClF4N3O4/c22-15-6-5-14(10-16(15)23)32-12-17(30)29-20(8-2-1-3-9-20)19(31)28-13-4-7-18(27-11-13)33-21(24,25)26/h4-7,10-11H,1-3,8-9,12H2,(H,28,31)(H,29,30). The lowest BCUT2D eigenvalue weighted by Gasteiger charge is -2.36. The summed E-state index contributed by atoms with van der Waals surface area (Å²) in [4.78, 5) is 29.0. The first-order valence-corrected chi connectivity index (χ1v) is 10.4. The molecule has 178 valence electrons. The number of hydrogen-bond donors (Lipinski definition) is 2. The van der Waals surface area contributed by atoms with Gasteiger partial charge in [0.25, 0.3) is 5.91 Å². The number of ether oxygens (including phenoxy) is 2. The van der Waals surface area contributed by atoms with Crippen LogP contribution in [0.4, 0.5) is 23.2 Å². The average Bonchev–Trinajstić information content (AvgIpc) is 2.75. The number of halogens is 5. The van der Waals surface area contributed by atoms with Gasteiger partial charge in [0, 0.05) is 12.1 Å². The molecule has 0 saturated heterocycles. The number of aromatic nitrogens is 1. The maximum atomic E-state index is 13.5. The molecule has 0 radical (unpaired) electrons. The van der Waals surface area contributed by atoms with Crippen LogP contribution in [0, 0.1) is 5.82 Å². The van der Waals surface area contributed by atoms with Crippen LogP contribution in [0.25, 0.3) is 0 Å². The molecule has 0 unspecified atom stereocenters. The van der Waals surface area contributed by atoms with Crippen LogP contribution in [0.2, 0.25) is 5.02 Å². The van der Waals surface area contributed by atoms with Gasteiger partial charge in [-0.2, -0.15) is 0 Å². The van der Waals surface area contributed by atoms with E-state index in [1.807, 2.05) is 0 Å². The van der Waals surface area contributed by atoms with Crippen LogP contribution in [0.1, 0.15) is 32.1 Å². The van der Waals surface area contributed by atoms with Gasteiger partial charge in [-0.15, -0.1) is 13.2 Å². The molecule has 1 heterocycles. The van der Waals surface area contributed by atoms with Crippen molar-refractivity contribution in [1.82, 2.24) is 10.3 Å². The monoisotopic (exact) mass is 489 g/mol. The second-order valence-corrected chi connectivity index (χ2v) is 7.85. The number of benzene rings is 1. The average molecular weight is 490 g/mol. The predicted octanol–water partition coefficient (Wildman–Crippen LogP) is 4.61. The normalized spacial score (nSPS) is 15.4. The number of pyridine rings is 1. The number of hydrogen-bond acceptors (Lipinski definition) is 5. The minimum absolute atomic E-state index is 0.0860. The number of nitrogens with one attached hydrogen (secondary N) is 2. The fraction of sp³-hybridized carbons (Fsp3) is 0.381. The maximum Gasteiger partial charge on any atom is 0.574 e. The fourth-order valence-corrected chi connectivity index (χ4v) is 3.58. The van der Waals surface area contributed by atoms with E-state index in [-0.39, 0.29) is 16.5 Å². The summed E-state index contributed by atoms with van der Waals surface area (Å²) in [5.74, 6) is -2.38. The molecule has 0 bridgehead atoms. The molecule has 0 aliphatic heterocycles. The van der Waals surface area contributed by atoms with E-state index in [1.54, 1.807) is 0 Å². The molecule has 7 nitrogen and oxygen atoms in total. The molecule has 1 aliphatic rings. The van der Waals surface area contributed by atoms with Crippen molar-refractivity contribution in [3.8, 4) is 11.6 Å². The smallest absolute Gasteiger partial charge is 0.484 e. The number of carbonyl (C=O) groups is 2. The van der Waals surface area contributed by atoms with Crippen LogP contribution in [-0.2, 0) is 9.59 Å². The first-order valence-electron chi connectivity index (χ1n) is 9.98. The van der Waals surface area contributed by atoms with Gasteiger partial charge in [0.15, 0.2) is 6.61 Å². The molecule has 2 N–H and O–H groups in total. The molecule has 1 fully saturated rings. The Morgan fingerprint density at radius 2 is 1.85 bits per heavy atom. The highest BCUT2D eigenvalue weighted by atomic mass is 35.5. The Labute approximate surface area is 191 Å². The Hall–Kier alpha value is -3.08. The molecule has 0 spiro atoms. The van der Waals surface area contributed by atoms with Crippen LogP contribution < -0.4 is 20.1 Å². The zero-order valence-corrected chi connectivity index (χ0v) is 17.9. The van der Waals surface area contributed by atoms with E-state index < -0.39 is 42.0 Å². The first kappa shape index (κ1) is 24.6. The summed E-state index contributed by atoms with van der Waals surface area (Å²) >= 11 is 5.61. The molecule has 12 heteroatoms. The van der Waals surface area contributed by atoms with Gasteiger partial charge in [0.05, 0.1) is 16.9 Å². The highest BCUT2D eigenvalue weighted by Crippen LogP contribution is 2.30. The molecule has 2 amide bonds. The molecule has 0 atom stereocenters. The second-order valence-electron chi connectivity index (χ2n) is 7.44. The minimum atomic E-state index is -4.88. The van der Waals surface area contributed by atoms with Crippen molar-refractivity contribution in [3.05, 3.63) is 47.4 Å². The number of amides is 2. The molecule has 1 saturated carbocycles. The van der Waals surface area contributed by atoms with Crippen molar-refractivity contribution in [2.45, 2.75) is 44.0 Å². The number of alkyl halides is 3. The van der Waals surface area contributed by atoms with Gasteiger partial charge in [0.1, 0.15) is 17.1 Å². The molecular formula is C21H20ClF4N3O4. The van der Waals surface area contributed by atoms with Crippen molar-refractivity contribution >= 4 is 29.1 Å². The van der Waals surface area contributed by atoms with Gasteiger partial charge in [-0.05, 0) is 31.0 Å². The largest absolute Gasteiger partial charge is 0.574 e. The van der Waals surface area contributed by atoms with Gasteiger partial charge in [0.2, 0.25) is 11.8 Å². The van der Waals surface area contributed by atoms with Gasteiger partial charge in [-0.1, -0.05) is 30.9 Å². The van der Waals surface area contributed by atoms with E-state index in [2.05, 4.69) is 20.4 Å². The second kappa shape index (κ2) is 10.2. The van der Waals surface area contributed by atoms with E-state index >= 15 is 0 Å². The van der Waals surface area contributed by atoms with E-state index in [1.165, 1.54) is 18.2 Å². The highest BCUT2D eigenvalue weighted by Gasteiger charge is 2.41. The van der Waals surface area contributed by atoms with Gasteiger partial charge >= 0.3 is 6.36 Å². The summed E-state index contributed by atoms with van der Waals surface area (Å²) in [6.45, 7) is -0.457. The zero-order valence-electron chi connectivity index (χ0n) is 17.2. The predicted molar refractivity (Wildman–Crippen MR) is 110 cm³/mol. The molecule has 1 aromatic heterocycles. The lowest BCUT2D eigenvalue weighted by atomic mass is 9.80. The summed E-state index contributed by atoms with van der Waals surface area (Å²) in [5, 5.41) is 5.19. The molecular weight excluding hydrogens is 470 g/mol. The Bertz CT molecular complexity index is 996. The van der Waals surface area contributed by atoms with Gasteiger partial charge in [-0.3, -0.25) is 9.59 Å². The SMILES string of the molecule is O=C(COc1ccc(Cl)c(F)c1)NC1(C(=O)Nc2ccc(OC(F)(F)F)nc2)CCCCC1. The van der Waals surface area contributed by atoms with Crippen molar-refractivity contribution < 1.29 is 36.6 Å². The molecule has 2 aromatic rings. The summed E-state index contributed by atoms with van der Waals surface area (Å²) in [6.07, 6.45) is -0.868. The fourth-order valence-electron chi connectivity index (χ4n) is 3.47. The number of rotatable bonds is 7. The number of anilines is 1. The quantitative estimate of drug-likeness (QED) is 0.554. The molecule has 1 aromatic carbocycles. The first-order chi connectivity index (χ1) is 15.6. The Morgan fingerprint density at radius 1 is 1.12 bits per heavy atom. The van der Waals surface area contributed by atoms with E-state index in [9.17, 15) is 27.2 Å². The minimum Gasteiger partial charge on any atom is -0.484 e. The lowest BCUT2D eigenvalue weighted by Crippen LogP contribution is -2.58. The third kappa shape index (κ3) is 6.95. The lowest BCUT2D eigenvalue weighted by molar-refractivity contribution is -0.276. The third-order valence-corrected chi connectivity index (χ3v) is 5.30. The molecule has 1 aliphatic carbocycles. The van der Waals surface area contributed by atoms with Gasteiger partial charge < -0.3 is 20.1 Å². The summed E-state index contributed by atoms with van der Waals surface area (Å²) in [5.41, 5.74) is -1.09. The van der Waals surface area contributed by atoms with Crippen molar-refractivity contribution in [1.29, 1.82) is 0 Å².